The average molecular weight is 288 g/mol. The maximum atomic E-state index is 11.7. The van der Waals surface area contributed by atoms with Gasteiger partial charge in [0.25, 0.3) is 0 Å². The lowest BCUT2D eigenvalue weighted by Gasteiger charge is -2.37. The number of piperidine rings is 1. The summed E-state index contributed by atoms with van der Waals surface area (Å²) in [6.07, 6.45) is 2.04. The molecule has 1 rings (SSSR count). The summed E-state index contributed by atoms with van der Waals surface area (Å²) in [6.45, 7) is 6.96. The van der Waals surface area contributed by atoms with Crippen molar-refractivity contribution in [2.45, 2.75) is 19.8 Å². The van der Waals surface area contributed by atoms with Crippen molar-refractivity contribution in [1.82, 2.24) is 10.6 Å². The Kier molecular flexibility index (Phi) is 8.77. The van der Waals surface area contributed by atoms with Crippen molar-refractivity contribution in [3.8, 4) is 0 Å². The predicted octanol–water partition coefficient (Wildman–Crippen LogP) is 0.172. The molecule has 0 spiro atoms. The molecule has 20 heavy (non-hydrogen) atoms. The molecule has 1 aliphatic heterocycles. The Bertz CT molecular complexity index is 262. The predicted molar refractivity (Wildman–Crippen MR) is 76.7 cm³/mol. The maximum absolute atomic E-state index is 11.7. The second-order valence-corrected chi connectivity index (χ2v) is 5.21. The first kappa shape index (κ1) is 17.4. The van der Waals surface area contributed by atoms with E-state index >= 15 is 0 Å². The molecule has 0 aromatic carbocycles. The summed E-state index contributed by atoms with van der Waals surface area (Å²) in [7, 11) is 1.71. The normalized spacial score (nSPS) is 17.9. The molecule has 1 heterocycles. The molecule has 1 aliphatic rings. The van der Waals surface area contributed by atoms with Crippen LogP contribution in [0.1, 0.15) is 19.8 Å². The zero-order valence-electron chi connectivity index (χ0n) is 12.7. The average Bonchev–Trinajstić information content (AvgIpc) is 2.46. The Morgan fingerprint density at radius 3 is 2.60 bits per heavy atom. The number of hydrogen-bond donors (Lipinski definition) is 2. The molecule has 6 heteroatoms. The third kappa shape index (κ3) is 6.65. The van der Waals surface area contributed by atoms with Crippen LogP contribution in [0.5, 0.6) is 0 Å². The molecule has 1 amide bonds. The van der Waals surface area contributed by atoms with E-state index < -0.39 is 0 Å². The maximum Gasteiger partial charge on any atom is 0.246 e. The fourth-order valence-corrected chi connectivity index (χ4v) is 2.40. The van der Waals surface area contributed by atoms with E-state index in [1.165, 1.54) is 0 Å². The standard InChI is InChI=1S/C14H28N2O4/c1-3-19-8-9-20-10-13(17)16-11-14(12-18-2)4-6-15-7-5-14/h15H,3-12H2,1-2H3,(H,16,17). The minimum absolute atomic E-state index is 0.0565. The van der Waals surface area contributed by atoms with E-state index in [2.05, 4.69) is 10.6 Å². The quantitative estimate of drug-likeness (QED) is 0.561. The van der Waals surface area contributed by atoms with Crippen molar-refractivity contribution >= 4 is 5.91 Å². The van der Waals surface area contributed by atoms with Crippen LogP contribution in [0.15, 0.2) is 0 Å². The van der Waals surface area contributed by atoms with Crippen molar-refractivity contribution < 1.29 is 19.0 Å². The second-order valence-electron chi connectivity index (χ2n) is 5.21. The van der Waals surface area contributed by atoms with E-state index in [0.29, 0.717) is 33.0 Å². The van der Waals surface area contributed by atoms with Crippen LogP contribution in [0.25, 0.3) is 0 Å². The summed E-state index contributed by atoms with van der Waals surface area (Å²) in [5.41, 5.74) is 0.0565. The van der Waals surface area contributed by atoms with Crippen molar-refractivity contribution in [2.24, 2.45) is 5.41 Å². The highest BCUT2D eigenvalue weighted by molar-refractivity contribution is 5.77. The summed E-state index contributed by atoms with van der Waals surface area (Å²) in [5, 5.41) is 6.29. The van der Waals surface area contributed by atoms with E-state index in [0.717, 1.165) is 25.9 Å². The summed E-state index contributed by atoms with van der Waals surface area (Å²) in [6, 6.07) is 0. The van der Waals surface area contributed by atoms with Crippen molar-refractivity contribution in [3.63, 3.8) is 0 Å². The minimum atomic E-state index is -0.0736. The van der Waals surface area contributed by atoms with Gasteiger partial charge in [0.15, 0.2) is 0 Å². The van der Waals surface area contributed by atoms with Gasteiger partial charge in [-0.3, -0.25) is 4.79 Å². The highest BCUT2D eigenvalue weighted by Gasteiger charge is 2.32. The van der Waals surface area contributed by atoms with Gasteiger partial charge in [-0.25, -0.2) is 0 Å². The number of hydrogen-bond acceptors (Lipinski definition) is 5. The zero-order chi connectivity index (χ0) is 14.7. The number of carbonyl (C=O) groups excluding carboxylic acids is 1. The second kappa shape index (κ2) is 10.1. The van der Waals surface area contributed by atoms with Crippen LogP contribution < -0.4 is 10.6 Å². The van der Waals surface area contributed by atoms with Gasteiger partial charge >= 0.3 is 0 Å². The summed E-state index contributed by atoms with van der Waals surface area (Å²) in [5.74, 6) is -0.0736. The van der Waals surface area contributed by atoms with Crippen LogP contribution in [0.2, 0.25) is 0 Å². The molecule has 2 N–H and O–H groups in total. The highest BCUT2D eigenvalue weighted by atomic mass is 16.5. The largest absolute Gasteiger partial charge is 0.384 e. The van der Waals surface area contributed by atoms with E-state index in [9.17, 15) is 4.79 Å². The number of carbonyl (C=O) groups is 1. The smallest absolute Gasteiger partial charge is 0.246 e. The molecule has 1 saturated heterocycles. The highest BCUT2D eigenvalue weighted by Crippen LogP contribution is 2.28. The van der Waals surface area contributed by atoms with Gasteiger partial charge in [-0.05, 0) is 32.9 Å². The van der Waals surface area contributed by atoms with E-state index in [4.69, 9.17) is 14.2 Å². The first-order valence-corrected chi connectivity index (χ1v) is 7.34. The molecule has 0 saturated carbocycles. The Balaban J connectivity index is 2.19. The topological polar surface area (TPSA) is 68.8 Å². The molecule has 118 valence electrons. The van der Waals surface area contributed by atoms with Crippen LogP contribution in [-0.4, -0.2) is 65.7 Å². The molecular weight excluding hydrogens is 260 g/mol. The Labute approximate surface area is 121 Å². The molecule has 6 nitrogen and oxygen atoms in total. The van der Waals surface area contributed by atoms with E-state index in [-0.39, 0.29) is 17.9 Å². The van der Waals surface area contributed by atoms with Crippen LogP contribution in [0.4, 0.5) is 0 Å². The number of amides is 1. The fraction of sp³-hybridized carbons (Fsp3) is 0.929. The minimum Gasteiger partial charge on any atom is -0.384 e. The summed E-state index contributed by atoms with van der Waals surface area (Å²) >= 11 is 0. The molecular formula is C14H28N2O4. The Hall–Kier alpha value is -0.690. The van der Waals surface area contributed by atoms with Gasteiger partial charge in [0.1, 0.15) is 6.61 Å². The van der Waals surface area contributed by atoms with Gasteiger partial charge in [0, 0.05) is 25.7 Å². The van der Waals surface area contributed by atoms with Crippen LogP contribution in [0.3, 0.4) is 0 Å². The van der Waals surface area contributed by atoms with Crippen molar-refractivity contribution in [3.05, 3.63) is 0 Å². The number of nitrogens with one attached hydrogen (secondary N) is 2. The van der Waals surface area contributed by atoms with Crippen molar-refractivity contribution in [1.29, 1.82) is 0 Å². The fourth-order valence-electron chi connectivity index (χ4n) is 2.40. The molecule has 0 atom stereocenters. The van der Waals surface area contributed by atoms with Gasteiger partial charge in [-0.2, -0.15) is 0 Å². The SMILES string of the molecule is CCOCCOCC(=O)NCC1(COC)CCNCC1. The molecule has 0 bridgehead atoms. The van der Waals surface area contributed by atoms with Gasteiger partial charge in [-0.15, -0.1) is 0 Å². The van der Waals surface area contributed by atoms with Crippen LogP contribution >= 0.6 is 0 Å². The summed E-state index contributed by atoms with van der Waals surface area (Å²) < 4.78 is 15.7. The third-order valence-corrected chi connectivity index (χ3v) is 3.58. The number of methoxy groups -OCH3 is 1. The van der Waals surface area contributed by atoms with Crippen LogP contribution in [-0.2, 0) is 19.0 Å². The van der Waals surface area contributed by atoms with Crippen LogP contribution in [0, 0.1) is 5.41 Å². The lowest BCUT2D eigenvalue weighted by molar-refractivity contribution is -0.127. The zero-order valence-corrected chi connectivity index (χ0v) is 12.7. The van der Waals surface area contributed by atoms with Gasteiger partial charge in [-0.1, -0.05) is 0 Å². The molecule has 0 aliphatic carbocycles. The molecule has 1 fully saturated rings. The molecule has 0 unspecified atom stereocenters. The van der Waals surface area contributed by atoms with Gasteiger partial charge < -0.3 is 24.8 Å². The van der Waals surface area contributed by atoms with Gasteiger partial charge in [0.2, 0.25) is 5.91 Å². The van der Waals surface area contributed by atoms with Crippen molar-refractivity contribution in [2.75, 3.05) is 59.8 Å². The number of ether oxygens (including phenoxy) is 3. The Morgan fingerprint density at radius 2 is 1.95 bits per heavy atom. The monoisotopic (exact) mass is 288 g/mol. The van der Waals surface area contributed by atoms with E-state index in [1.807, 2.05) is 6.92 Å². The lowest BCUT2D eigenvalue weighted by atomic mass is 9.79. The molecule has 0 aromatic heterocycles. The summed E-state index contributed by atoms with van der Waals surface area (Å²) in [4.78, 5) is 11.7. The van der Waals surface area contributed by atoms with Gasteiger partial charge in [0.05, 0.1) is 19.8 Å². The first-order valence-electron chi connectivity index (χ1n) is 7.34. The first-order chi connectivity index (χ1) is 9.72. The Morgan fingerprint density at radius 1 is 1.25 bits per heavy atom. The lowest BCUT2D eigenvalue weighted by Crippen LogP contribution is -2.47. The third-order valence-electron chi connectivity index (χ3n) is 3.58. The van der Waals surface area contributed by atoms with E-state index in [1.54, 1.807) is 7.11 Å². The molecule has 0 radical (unpaired) electrons. The number of rotatable bonds is 10. The molecule has 0 aromatic rings.